The lowest BCUT2D eigenvalue weighted by atomic mass is 10.0. The van der Waals surface area contributed by atoms with Crippen LogP contribution in [0.1, 0.15) is 28.2 Å². The summed E-state index contributed by atoms with van der Waals surface area (Å²) in [5.74, 6) is 0.812. The maximum absolute atomic E-state index is 12.7. The van der Waals surface area contributed by atoms with E-state index in [1.54, 1.807) is 43.0 Å². The van der Waals surface area contributed by atoms with Gasteiger partial charge in [0.1, 0.15) is 5.75 Å². The van der Waals surface area contributed by atoms with Crippen LogP contribution in [0, 0.1) is 0 Å². The van der Waals surface area contributed by atoms with Gasteiger partial charge in [0, 0.05) is 60.7 Å². The Kier molecular flexibility index (Phi) is 6.84. The molecule has 0 aliphatic carbocycles. The van der Waals surface area contributed by atoms with Crippen molar-refractivity contribution in [1.82, 2.24) is 15.2 Å². The maximum atomic E-state index is 12.7. The number of piperazine rings is 1. The molecule has 1 aliphatic heterocycles. The molecule has 2 atom stereocenters. The summed E-state index contributed by atoms with van der Waals surface area (Å²) >= 11 is 1.75. The number of benzene rings is 1. The first kappa shape index (κ1) is 21.3. The van der Waals surface area contributed by atoms with Crippen molar-refractivity contribution >= 4 is 22.9 Å². The predicted molar refractivity (Wildman–Crippen MR) is 125 cm³/mol. The van der Waals surface area contributed by atoms with Gasteiger partial charge in [0.05, 0.1) is 13.2 Å². The Morgan fingerprint density at radius 1 is 1.06 bits per heavy atom. The number of ether oxygens (including phenoxy) is 1. The van der Waals surface area contributed by atoms with Gasteiger partial charge < -0.3 is 15.0 Å². The molecular formula is C24H28N4O2S. The zero-order valence-corrected chi connectivity index (χ0v) is 18.7. The van der Waals surface area contributed by atoms with Crippen molar-refractivity contribution in [3.63, 3.8) is 0 Å². The summed E-state index contributed by atoms with van der Waals surface area (Å²) < 4.78 is 5.27. The number of amides is 1. The van der Waals surface area contributed by atoms with Crippen molar-refractivity contribution in [3.05, 3.63) is 76.7 Å². The summed E-state index contributed by atoms with van der Waals surface area (Å²) in [6.07, 6.45) is 3.30. The molecule has 3 aromatic rings. The number of nitrogens with one attached hydrogen (secondary N) is 1. The van der Waals surface area contributed by atoms with Crippen molar-refractivity contribution in [1.29, 1.82) is 0 Å². The number of thiophene rings is 1. The van der Waals surface area contributed by atoms with Gasteiger partial charge in [0.2, 0.25) is 0 Å². The number of rotatable bonds is 7. The van der Waals surface area contributed by atoms with Crippen LogP contribution >= 0.6 is 11.3 Å². The first-order valence-corrected chi connectivity index (χ1v) is 11.4. The summed E-state index contributed by atoms with van der Waals surface area (Å²) in [6.45, 7) is 5.85. The number of hydrogen-bond acceptors (Lipinski definition) is 6. The monoisotopic (exact) mass is 436 g/mol. The van der Waals surface area contributed by atoms with Crippen molar-refractivity contribution in [2.24, 2.45) is 0 Å². The van der Waals surface area contributed by atoms with E-state index >= 15 is 0 Å². The van der Waals surface area contributed by atoms with E-state index in [-0.39, 0.29) is 18.0 Å². The van der Waals surface area contributed by atoms with Crippen molar-refractivity contribution in [3.8, 4) is 5.75 Å². The van der Waals surface area contributed by atoms with Gasteiger partial charge in [-0.25, -0.2) is 0 Å². The topological polar surface area (TPSA) is 57.7 Å². The lowest BCUT2D eigenvalue weighted by molar-refractivity contribution is 0.0890. The lowest BCUT2D eigenvalue weighted by Gasteiger charge is -2.42. The van der Waals surface area contributed by atoms with Crippen LogP contribution in [0.2, 0.25) is 0 Å². The number of carbonyl (C=O) groups is 1. The third-order valence-electron chi connectivity index (χ3n) is 5.75. The van der Waals surface area contributed by atoms with Gasteiger partial charge in [0.25, 0.3) is 5.91 Å². The predicted octanol–water partition coefficient (Wildman–Crippen LogP) is 3.83. The smallest absolute Gasteiger partial charge is 0.251 e. The van der Waals surface area contributed by atoms with E-state index in [1.807, 2.05) is 12.1 Å². The number of carbonyl (C=O) groups excluding carboxylic acids is 1. The van der Waals surface area contributed by atoms with Gasteiger partial charge in [-0.15, -0.1) is 11.3 Å². The van der Waals surface area contributed by atoms with Crippen LogP contribution in [0.25, 0.3) is 0 Å². The SMILES string of the molecule is COc1ccc(N2CCN([C@@H](c3cccs3)[C@@H](C)NC(=O)c3ccncc3)CC2)cc1. The molecule has 1 aromatic carbocycles. The fourth-order valence-electron chi connectivity index (χ4n) is 4.13. The van der Waals surface area contributed by atoms with Crippen LogP contribution in [0.4, 0.5) is 5.69 Å². The highest BCUT2D eigenvalue weighted by Gasteiger charge is 2.31. The Hall–Kier alpha value is -2.90. The summed E-state index contributed by atoms with van der Waals surface area (Å²) in [4.78, 5) is 22.9. The molecule has 0 saturated carbocycles. The van der Waals surface area contributed by atoms with Crippen LogP contribution in [0.5, 0.6) is 5.75 Å². The molecule has 162 valence electrons. The van der Waals surface area contributed by atoms with Crippen LogP contribution in [0.15, 0.2) is 66.3 Å². The molecule has 0 radical (unpaired) electrons. The molecule has 0 spiro atoms. The van der Waals surface area contributed by atoms with Gasteiger partial charge in [0.15, 0.2) is 0 Å². The minimum Gasteiger partial charge on any atom is -0.497 e. The van der Waals surface area contributed by atoms with Crippen LogP contribution in [-0.4, -0.2) is 55.1 Å². The van der Waals surface area contributed by atoms with Gasteiger partial charge in [-0.3, -0.25) is 14.7 Å². The first-order valence-electron chi connectivity index (χ1n) is 10.5. The third-order valence-corrected chi connectivity index (χ3v) is 6.70. The molecule has 3 heterocycles. The number of aromatic nitrogens is 1. The van der Waals surface area contributed by atoms with E-state index in [9.17, 15) is 4.79 Å². The fraction of sp³-hybridized carbons (Fsp3) is 0.333. The Morgan fingerprint density at radius 3 is 2.39 bits per heavy atom. The number of methoxy groups -OCH3 is 1. The molecule has 4 rings (SSSR count). The largest absolute Gasteiger partial charge is 0.497 e. The Morgan fingerprint density at radius 2 is 1.77 bits per heavy atom. The number of pyridine rings is 1. The second-order valence-corrected chi connectivity index (χ2v) is 8.66. The molecule has 0 bridgehead atoms. The molecule has 1 saturated heterocycles. The highest BCUT2D eigenvalue weighted by molar-refractivity contribution is 7.10. The average Bonchev–Trinajstić information content (AvgIpc) is 3.34. The first-order chi connectivity index (χ1) is 15.2. The highest BCUT2D eigenvalue weighted by Crippen LogP contribution is 2.30. The molecule has 31 heavy (non-hydrogen) atoms. The Labute approximate surface area is 187 Å². The van der Waals surface area contributed by atoms with Crippen LogP contribution < -0.4 is 15.0 Å². The maximum Gasteiger partial charge on any atom is 0.251 e. The minimum atomic E-state index is -0.0617. The Bertz CT molecular complexity index is 955. The molecule has 1 N–H and O–H groups in total. The van der Waals surface area contributed by atoms with Gasteiger partial charge in [-0.1, -0.05) is 6.07 Å². The Balaban J connectivity index is 1.44. The second-order valence-electron chi connectivity index (χ2n) is 7.68. The molecule has 0 unspecified atom stereocenters. The third kappa shape index (κ3) is 5.06. The molecule has 1 aliphatic rings. The van der Waals surface area contributed by atoms with E-state index in [0.29, 0.717) is 5.56 Å². The molecule has 1 fully saturated rings. The van der Waals surface area contributed by atoms with E-state index in [0.717, 1.165) is 31.9 Å². The van der Waals surface area contributed by atoms with Gasteiger partial charge in [-0.05, 0) is 54.8 Å². The normalized spacial score (nSPS) is 16.5. The number of nitrogens with zero attached hydrogens (tertiary/aromatic N) is 3. The molecule has 1 amide bonds. The second kappa shape index (κ2) is 9.94. The summed E-state index contributed by atoms with van der Waals surface area (Å²) in [7, 11) is 1.69. The quantitative estimate of drug-likeness (QED) is 0.610. The number of anilines is 1. The minimum absolute atomic E-state index is 0.0214. The summed E-state index contributed by atoms with van der Waals surface area (Å²) in [6, 6.07) is 16.1. The summed E-state index contributed by atoms with van der Waals surface area (Å²) in [5, 5.41) is 5.31. The van der Waals surface area contributed by atoms with Gasteiger partial charge in [-0.2, -0.15) is 0 Å². The van der Waals surface area contributed by atoms with E-state index < -0.39 is 0 Å². The van der Waals surface area contributed by atoms with E-state index in [1.165, 1.54) is 10.6 Å². The summed E-state index contributed by atoms with van der Waals surface area (Å²) in [5.41, 5.74) is 1.85. The molecule has 6 nitrogen and oxygen atoms in total. The number of hydrogen-bond donors (Lipinski definition) is 1. The van der Waals surface area contributed by atoms with Crippen LogP contribution in [0.3, 0.4) is 0 Å². The van der Waals surface area contributed by atoms with Crippen molar-refractivity contribution < 1.29 is 9.53 Å². The van der Waals surface area contributed by atoms with Crippen molar-refractivity contribution in [2.75, 3.05) is 38.2 Å². The molecule has 2 aromatic heterocycles. The zero-order chi connectivity index (χ0) is 21.6. The van der Waals surface area contributed by atoms with E-state index in [2.05, 4.69) is 56.7 Å². The standard InChI is InChI=1S/C24H28N4O2S/c1-18(26-24(29)19-9-11-25-12-10-19)23(22-4-3-17-31-22)28-15-13-27(14-16-28)20-5-7-21(30-2)8-6-20/h3-12,17-18,23H,13-16H2,1-2H3,(H,26,29)/t18-,23-/m1/s1. The van der Waals surface area contributed by atoms with E-state index in [4.69, 9.17) is 4.74 Å². The molecular weight excluding hydrogens is 408 g/mol. The molecule has 7 heteroatoms. The van der Waals surface area contributed by atoms with Crippen molar-refractivity contribution in [2.45, 2.75) is 19.0 Å². The lowest BCUT2D eigenvalue weighted by Crippen LogP contribution is -2.52. The van der Waals surface area contributed by atoms with Gasteiger partial charge >= 0.3 is 0 Å². The van der Waals surface area contributed by atoms with Crippen LogP contribution in [-0.2, 0) is 0 Å². The fourth-order valence-corrected chi connectivity index (χ4v) is 5.09. The zero-order valence-electron chi connectivity index (χ0n) is 17.9. The average molecular weight is 437 g/mol. The highest BCUT2D eigenvalue weighted by atomic mass is 32.1.